The lowest BCUT2D eigenvalue weighted by atomic mass is 10.1. The van der Waals surface area contributed by atoms with Crippen LogP contribution >= 0.6 is 0 Å². The quantitative estimate of drug-likeness (QED) is 0.692. The zero-order chi connectivity index (χ0) is 21.8. The van der Waals surface area contributed by atoms with Crippen molar-refractivity contribution in [2.75, 3.05) is 18.1 Å². The number of rotatable bonds is 7. The molecular formula is C22H25N3O5S. The van der Waals surface area contributed by atoms with E-state index >= 15 is 0 Å². The number of sulfone groups is 1. The van der Waals surface area contributed by atoms with Gasteiger partial charge in [-0.3, -0.25) is 9.59 Å². The summed E-state index contributed by atoms with van der Waals surface area (Å²) < 4.78 is 29.1. The minimum absolute atomic E-state index is 0.00411. The molecule has 2 aliphatic heterocycles. The molecule has 8 nitrogen and oxygen atoms in total. The Labute approximate surface area is 181 Å². The maximum atomic E-state index is 12.6. The van der Waals surface area contributed by atoms with Crippen molar-refractivity contribution < 1.29 is 22.7 Å². The number of carbonyl (C=O) groups is 2. The zero-order valence-corrected chi connectivity index (χ0v) is 17.9. The first-order valence-electron chi connectivity index (χ1n) is 10.3. The molecule has 2 atom stereocenters. The highest BCUT2D eigenvalue weighted by molar-refractivity contribution is 7.91. The summed E-state index contributed by atoms with van der Waals surface area (Å²) in [4.78, 5) is 30.7. The zero-order valence-electron chi connectivity index (χ0n) is 17.1. The molecule has 2 fully saturated rings. The summed E-state index contributed by atoms with van der Waals surface area (Å²) >= 11 is 0. The predicted octanol–water partition coefficient (Wildman–Crippen LogP) is 1.31. The molecule has 31 heavy (non-hydrogen) atoms. The van der Waals surface area contributed by atoms with Gasteiger partial charge in [0, 0.05) is 37.8 Å². The summed E-state index contributed by atoms with van der Waals surface area (Å²) in [6.07, 6.45) is 2.19. The molecule has 0 radical (unpaired) electrons. The monoisotopic (exact) mass is 443 g/mol. The number of pyridine rings is 1. The minimum atomic E-state index is -3.08. The van der Waals surface area contributed by atoms with Crippen LogP contribution in [-0.2, 0) is 32.6 Å². The van der Waals surface area contributed by atoms with E-state index in [0.717, 1.165) is 11.1 Å². The Morgan fingerprint density at radius 1 is 1.19 bits per heavy atom. The van der Waals surface area contributed by atoms with Gasteiger partial charge in [0.15, 0.2) is 9.84 Å². The lowest BCUT2D eigenvalue weighted by Gasteiger charge is -2.22. The van der Waals surface area contributed by atoms with Crippen LogP contribution in [0.3, 0.4) is 0 Å². The van der Waals surface area contributed by atoms with Crippen molar-refractivity contribution in [3.63, 3.8) is 0 Å². The molecule has 0 unspecified atom stereocenters. The largest absolute Gasteiger partial charge is 0.473 e. The fraction of sp³-hybridized carbons (Fsp3) is 0.409. The molecule has 2 aromatic rings. The number of nitrogens with zero attached hydrogens (tertiary/aromatic N) is 2. The fourth-order valence-electron chi connectivity index (χ4n) is 3.99. The Bertz CT molecular complexity index is 1060. The van der Waals surface area contributed by atoms with Crippen LogP contribution in [0.5, 0.6) is 5.88 Å². The number of amides is 2. The molecule has 1 aromatic heterocycles. The third kappa shape index (κ3) is 5.41. The highest BCUT2D eigenvalue weighted by Crippen LogP contribution is 2.26. The molecule has 9 heteroatoms. The number of hydrogen-bond acceptors (Lipinski definition) is 6. The Hall–Kier alpha value is -2.94. The minimum Gasteiger partial charge on any atom is -0.473 e. The fourth-order valence-corrected chi connectivity index (χ4v) is 5.72. The van der Waals surface area contributed by atoms with E-state index in [4.69, 9.17) is 4.74 Å². The Balaban J connectivity index is 1.28. The van der Waals surface area contributed by atoms with E-state index in [1.807, 2.05) is 30.3 Å². The van der Waals surface area contributed by atoms with Gasteiger partial charge in [-0.1, -0.05) is 30.3 Å². The number of aromatic nitrogens is 1. The lowest BCUT2D eigenvalue weighted by molar-refractivity contribution is -0.130. The van der Waals surface area contributed by atoms with Crippen molar-refractivity contribution >= 4 is 21.7 Å². The van der Waals surface area contributed by atoms with E-state index in [1.165, 1.54) is 0 Å². The van der Waals surface area contributed by atoms with Crippen molar-refractivity contribution in [2.24, 2.45) is 5.92 Å². The number of nitrogens with one attached hydrogen (secondary N) is 1. The molecule has 2 saturated heterocycles. The summed E-state index contributed by atoms with van der Waals surface area (Å²) in [6.45, 7) is 0.971. The molecule has 164 valence electrons. The van der Waals surface area contributed by atoms with Gasteiger partial charge in [-0.2, -0.15) is 0 Å². The predicted molar refractivity (Wildman–Crippen MR) is 114 cm³/mol. The SMILES string of the molecule is O=C(NCc1ccnc(OCc2ccccc2)c1)[C@H]1CC(=O)N([C@H]2CCS(=O)(=O)C2)C1. The number of benzene rings is 1. The highest BCUT2D eigenvalue weighted by atomic mass is 32.2. The van der Waals surface area contributed by atoms with Crippen molar-refractivity contribution in [2.45, 2.75) is 32.0 Å². The van der Waals surface area contributed by atoms with Crippen molar-refractivity contribution in [3.05, 3.63) is 59.8 Å². The van der Waals surface area contributed by atoms with Crippen LogP contribution in [0.25, 0.3) is 0 Å². The summed E-state index contributed by atoms with van der Waals surface area (Å²) in [7, 11) is -3.08. The van der Waals surface area contributed by atoms with Crippen LogP contribution in [0.1, 0.15) is 24.0 Å². The first-order chi connectivity index (χ1) is 14.9. The normalized spacial score (nSPS) is 22.5. The Kier molecular flexibility index (Phi) is 6.22. The summed E-state index contributed by atoms with van der Waals surface area (Å²) in [5.41, 5.74) is 1.88. The van der Waals surface area contributed by atoms with Gasteiger partial charge in [-0.15, -0.1) is 0 Å². The Morgan fingerprint density at radius 2 is 2.00 bits per heavy atom. The molecule has 2 amide bonds. The van der Waals surface area contributed by atoms with Crippen LogP contribution in [0.2, 0.25) is 0 Å². The van der Waals surface area contributed by atoms with Gasteiger partial charge in [0.2, 0.25) is 17.7 Å². The standard InChI is InChI=1S/C22H25N3O5S/c26-21-11-18(13-25(21)19-7-9-31(28,29)15-19)22(27)24-12-17-6-8-23-20(10-17)30-14-16-4-2-1-3-5-16/h1-6,8,10,18-19H,7,9,11-15H2,(H,24,27)/t18-,19-/m0/s1. The average Bonchev–Trinajstić information content (AvgIpc) is 3.33. The maximum absolute atomic E-state index is 12.6. The first-order valence-corrected chi connectivity index (χ1v) is 12.1. The van der Waals surface area contributed by atoms with Crippen molar-refractivity contribution in [3.8, 4) is 5.88 Å². The summed E-state index contributed by atoms with van der Waals surface area (Å²) in [5, 5.41) is 2.87. The van der Waals surface area contributed by atoms with Crippen LogP contribution in [0.15, 0.2) is 48.7 Å². The third-order valence-corrected chi connectivity index (χ3v) is 7.42. The molecule has 0 bridgehead atoms. The van der Waals surface area contributed by atoms with Crippen molar-refractivity contribution in [1.29, 1.82) is 0 Å². The van der Waals surface area contributed by atoms with Gasteiger partial charge in [-0.05, 0) is 23.6 Å². The number of hydrogen-bond donors (Lipinski definition) is 1. The van der Waals surface area contributed by atoms with Crippen molar-refractivity contribution in [1.82, 2.24) is 15.2 Å². The van der Waals surface area contributed by atoms with Gasteiger partial charge >= 0.3 is 0 Å². The number of likely N-dealkylation sites (tertiary alicyclic amines) is 1. The summed E-state index contributed by atoms with van der Waals surface area (Å²) in [5.74, 6) is -0.250. The Morgan fingerprint density at radius 3 is 2.74 bits per heavy atom. The topological polar surface area (TPSA) is 106 Å². The van der Waals surface area contributed by atoms with E-state index in [9.17, 15) is 18.0 Å². The van der Waals surface area contributed by atoms with E-state index in [-0.39, 0.29) is 42.3 Å². The van der Waals surface area contributed by atoms with Crippen LogP contribution in [0.4, 0.5) is 0 Å². The van der Waals surface area contributed by atoms with Gasteiger partial charge in [0.05, 0.1) is 17.4 Å². The summed E-state index contributed by atoms with van der Waals surface area (Å²) in [6, 6.07) is 13.0. The molecule has 2 aliphatic rings. The highest BCUT2D eigenvalue weighted by Gasteiger charge is 2.41. The third-order valence-electron chi connectivity index (χ3n) is 5.67. The molecule has 1 aromatic carbocycles. The smallest absolute Gasteiger partial charge is 0.225 e. The molecule has 1 N–H and O–H groups in total. The second kappa shape index (κ2) is 9.05. The van der Waals surface area contributed by atoms with Crippen LogP contribution in [0, 0.1) is 5.92 Å². The second-order valence-corrected chi connectivity index (χ2v) is 10.2. The molecule has 3 heterocycles. The average molecular weight is 444 g/mol. The molecule has 0 aliphatic carbocycles. The molecular weight excluding hydrogens is 418 g/mol. The number of ether oxygens (including phenoxy) is 1. The number of carbonyl (C=O) groups excluding carboxylic acids is 2. The van der Waals surface area contributed by atoms with Gasteiger partial charge in [-0.25, -0.2) is 13.4 Å². The maximum Gasteiger partial charge on any atom is 0.225 e. The van der Waals surface area contributed by atoms with Gasteiger partial charge in [0.25, 0.3) is 0 Å². The molecule has 0 saturated carbocycles. The van der Waals surface area contributed by atoms with E-state index in [2.05, 4.69) is 10.3 Å². The van der Waals surface area contributed by atoms with Gasteiger partial charge in [0.1, 0.15) is 6.61 Å². The van der Waals surface area contributed by atoms with Crippen LogP contribution in [-0.4, -0.2) is 54.2 Å². The first kappa shape index (κ1) is 21.3. The van der Waals surface area contributed by atoms with Crippen LogP contribution < -0.4 is 10.1 Å². The molecule has 0 spiro atoms. The van der Waals surface area contributed by atoms with E-state index < -0.39 is 15.8 Å². The van der Waals surface area contributed by atoms with Gasteiger partial charge < -0.3 is 15.0 Å². The lowest BCUT2D eigenvalue weighted by Crippen LogP contribution is -2.39. The van der Waals surface area contributed by atoms with E-state index in [1.54, 1.807) is 23.2 Å². The van der Waals surface area contributed by atoms with E-state index in [0.29, 0.717) is 25.5 Å². The second-order valence-electron chi connectivity index (χ2n) is 8.00. The molecule has 4 rings (SSSR count).